The molecule has 1 amide bonds. The van der Waals surface area contributed by atoms with Crippen molar-refractivity contribution in [1.29, 1.82) is 0 Å². The van der Waals surface area contributed by atoms with Crippen LogP contribution in [0.25, 0.3) is 11.1 Å². The van der Waals surface area contributed by atoms with E-state index in [1.807, 2.05) is 48.5 Å². The van der Waals surface area contributed by atoms with Gasteiger partial charge in [0.25, 0.3) is 5.91 Å². The normalized spacial score (nSPS) is 11.3. The summed E-state index contributed by atoms with van der Waals surface area (Å²) in [6.07, 6.45) is -1.03. The van der Waals surface area contributed by atoms with E-state index in [-0.39, 0.29) is 12.4 Å². The molecule has 1 atom stereocenters. The molecule has 0 unspecified atom stereocenters. The second-order valence-corrected chi connectivity index (χ2v) is 6.91. The molecule has 158 valence electrons. The fraction of sp³-hybridized carbons (Fsp3) is 0.160. The lowest BCUT2D eigenvalue weighted by atomic mass is 10.1. The fourth-order valence-electron chi connectivity index (χ4n) is 2.93. The molecule has 3 aromatic rings. The highest BCUT2D eigenvalue weighted by atomic mass is 16.6. The minimum absolute atomic E-state index is 0.108. The van der Waals surface area contributed by atoms with Crippen molar-refractivity contribution in [3.63, 3.8) is 0 Å². The maximum absolute atomic E-state index is 12.3. The zero-order chi connectivity index (χ0) is 22.2. The summed E-state index contributed by atoms with van der Waals surface area (Å²) in [5.74, 6) is -0.728. The number of benzene rings is 3. The SMILES string of the molecule is CC(=O)c1cccc(NC(=O)[C@H](C)OC(=O)COc2ccccc2-c2ccccc2)c1. The zero-order valence-corrected chi connectivity index (χ0v) is 17.3. The van der Waals surface area contributed by atoms with Crippen LogP contribution in [-0.4, -0.2) is 30.4 Å². The van der Waals surface area contributed by atoms with Crippen LogP contribution in [0.3, 0.4) is 0 Å². The molecule has 0 fully saturated rings. The lowest BCUT2D eigenvalue weighted by Crippen LogP contribution is -2.31. The third-order valence-electron chi connectivity index (χ3n) is 4.53. The molecule has 0 aliphatic carbocycles. The minimum atomic E-state index is -1.03. The number of ether oxygens (including phenoxy) is 2. The molecule has 0 saturated heterocycles. The van der Waals surface area contributed by atoms with Gasteiger partial charge in [-0.15, -0.1) is 0 Å². The summed E-state index contributed by atoms with van der Waals surface area (Å²) < 4.78 is 10.8. The first-order valence-electron chi connectivity index (χ1n) is 9.82. The van der Waals surface area contributed by atoms with Crippen molar-refractivity contribution >= 4 is 23.3 Å². The van der Waals surface area contributed by atoms with Crippen LogP contribution in [0.4, 0.5) is 5.69 Å². The van der Waals surface area contributed by atoms with Gasteiger partial charge in [-0.05, 0) is 37.6 Å². The molecular formula is C25H23NO5. The third-order valence-corrected chi connectivity index (χ3v) is 4.53. The Morgan fingerprint density at radius 3 is 2.35 bits per heavy atom. The average molecular weight is 417 g/mol. The molecule has 0 radical (unpaired) electrons. The molecule has 0 aliphatic rings. The quantitative estimate of drug-likeness (QED) is 0.431. The molecule has 6 heteroatoms. The third kappa shape index (κ3) is 6.02. The van der Waals surface area contributed by atoms with E-state index in [4.69, 9.17) is 9.47 Å². The second kappa shape index (κ2) is 10.2. The van der Waals surface area contributed by atoms with Gasteiger partial charge in [0, 0.05) is 16.8 Å². The molecule has 0 aliphatic heterocycles. The highest BCUT2D eigenvalue weighted by molar-refractivity contribution is 5.98. The van der Waals surface area contributed by atoms with Crippen molar-refractivity contribution in [3.8, 4) is 16.9 Å². The lowest BCUT2D eigenvalue weighted by molar-refractivity contribution is -0.155. The van der Waals surface area contributed by atoms with Crippen LogP contribution in [0.1, 0.15) is 24.2 Å². The molecule has 31 heavy (non-hydrogen) atoms. The first kappa shape index (κ1) is 21.8. The van der Waals surface area contributed by atoms with Gasteiger partial charge < -0.3 is 14.8 Å². The van der Waals surface area contributed by atoms with Gasteiger partial charge in [-0.3, -0.25) is 9.59 Å². The first-order chi connectivity index (χ1) is 14.9. The van der Waals surface area contributed by atoms with Crippen molar-refractivity contribution in [2.75, 3.05) is 11.9 Å². The van der Waals surface area contributed by atoms with Crippen molar-refractivity contribution in [2.24, 2.45) is 0 Å². The van der Waals surface area contributed by atoms with E-state index in [1.165, 1.54) is 13.8 Å². The van der Waals surface area contributed by atoms with Crippen molar-refractivity contribution < 1.29 is 23.9 Å². The van der Waals surface area contributed by atoms with Crippen LogP contribution in [0, 0.1) is 0 Å². The standard InChI is InChI=1S/C25H23NO5/c1-17(27)20-11-8-12-21(15-20)26-25(29)18(2)31-24(28)16-30-23-14-7-6-13-22(23)19-9-4-3-5-10-19/h3-15,18H,16H2,1-2H3,(H,26,29)/t18-/m0/s1. The maximum Gasteiger partial charge on any atom is 0.344 e. The number of ketones is 1. The summed E-state index contributed by atoms with van der Waals surface area (Å²) in [6, 6.07) is 23.6. The van der Waals surface area contributed by atoms with Crippen LogP contribution in [0.5, 0.6) is 5.75 Å². The monoisotopic (exact) mass is 417 g/mol. The van der Waals surface area contributed by atoms with Crippen LogP contribution in [0.15, 0.2) is 78.9 Å². The summed E-state index contributed by atoms with van der Waals surface area (Å²) in [4.78, 5) is 36.0. The lowest BCUT2D eigenvalue weighted by Gasteiger charge is -2.15. The van der Waals surface area contributed by atoms with Gasteiger partial charge in [-0.1, -0.05) is 60.7 Å². The molecular weight excluding hydrogens is 394 g/mol. The fourth-order valence-corrected chi connectivity index (χ4v) is 2.93. The number of amides is 1. The van der Waals surface area contributed by atoms with Gasteiger partial charge >= 0.3 is 5.97 Å². The van der Waals surface area contributed by atoms with Crippen molar-refractivity contribution in [1.82, 2.24) is 0 Å². The Balaban J connectivity index is 1.56. The van der Waals surface area contributed by atoms with Gasteiger partial charge in [0.15, 0.2) is 18.5 Å². The molecule has 6 nitrogen and oxygen atoms in total. The highest BCUT2D eigenvalue weighted by Gasteiger charge is 2.19. The number of hydrogen-bond donors (Lipinski definition) is 1. The summed E-state index contributed by atoms with van der Waals surface area (Å²) in [6.45, 7) is 2.59. The highest BCUT2D eigenvalue weighted by Crippen LogP contribution is 2.29. The number of carbonyl (C=O) groups excluding carboxylic acids is 3. The Labute approximate surface area is 180 Å². The Morgan fingerprint density at radius 1 is 0.903 bits per heavy atom. The van der Waals surface area contributed by atoms with Crippen molar-refractivity contribution in [3.05, 3.63) is 84.4 Å². The van der Waals surface area contributed by atoms with Crippen LogP contribution in [0.2, 0.25) is 0 Å². The number of para-hydroxylation sites is 1. The number of carbonyl (C=O) groups is 3. The van der Waals surface area contributed by atoms with Crippen LogP contribution in [-0.2, 0) is 14.3 Å². The van der Waals surface area contributed by atoms with Gasteiger partial charge in [-0.2, -0.15) is 0 Å². The van der Waals surface area contributed by atoms with E-state index >= 15 is 0 Å². The number of hydrogen-bond acceptors (Lipinski definition) is 5. The molecule has 0 heterocycles. The zero-order valence-electron chi connectivity index (χ0n) is 17.3. The average Bonchev–Trinajstić information content (AvgIpc) is 2.78. The van der Waals surface area contributed by atoms with E-state index in [0.29, 0.717) is 17.0 Å². The largest absolute Gasteiger partial charge is 0.481 e. The van der Waals surface area contributed by atoms with Crippen molar-refractivity contribution in [2.45, 2.75) is 20.0 Å². The van der Waals surface area contributed by atoms with Crippen LogP contribution >= 0.6 is 0 Å². The van der Waals surface area contributed by atoms with E-state index in [1.54, 1.807) is 30.3 Å². The number of Topliss-reactive ketones (excluding diaryl/α,β-unsaturated/α-hetero) is 1. The van der Waals surface area contributed by atoms with E-state index in [2.05, 4.69) is 5.32 Å². The molecule has 1 N–H and O–H groups in total. The maximum atomic E-state index is 12.3. The number of anilines is 1. The predicted octanol–water partition coefficient (Wildman–Crippen LogP) is 4.51. The van der Waals surface area contributed by atoms with E-state index in [9.17, 15) is 14.4 Å². The molecule has 0 spiro atoms. The van der Waals surface area contributed by atoms with Gasteiger partial charge in [0.2, 0.25) is 0 Å². The summed E-state index contributed by atoms with van der Waals surface area (Å²) in [7, 11) is 0. The summed E-state index contributed by atoms with van der Waals surface area (Å²) in [5.41, 5.74) is 2.75. The van der Waals surface area contributed by atoms with E-state index < -0.39 is 18.0 Å². The van der Waals surface area contributed by atoms with Gasteiger partial charge in [0.05, 0.1) is 0 Å². The first-order valence-corrected chi connectivity index (χ1v) is 9.82. The molecule has 3 rings (SSSR count). The smallest absolute Gasteiger partial charge is 0.344 e. The summed E-state index contributed by atoms with van der Waals surface area (Å²) >= 11 is 0. The molecule has 0 bridgehead atoms. The Kier molecular flexibility index (Phi) is 7.17. The van der Waals surface area contributed by atoms with E-state index in [0.717, 1.165) is 11.1 Å². The van der Waals surface area contributed by atoms with Crippen LogP contribution < -0.4 is 10.1 Å². The molecule has 3 aromatic carbocycles. The minimum Gasteiger partial charge on any atom is -0.481 e. The number of rotatable bonds is 8. The Bertz CT molecular complexity index is 1080. The number of nitrogens with one attached hydrogen (secondary N) is 1. The molecule has 0 aromatic heterocycles. The van der Waals surface area contributed by atoms with Gasteiger partial charge in [0.1, 0.15) is 5.75 Å². The molecule has 0 saturated carbocycles. The van der Waals surface area contributed by atoms with Gasteiger partial charge in [-0.25, -0.2) is 4.79 Å². The second-order valence-electron chi connectivity index (χ2n) is 6.91. The predicted molar refractivity (Wildman–Crippen MR) is 118 cm³/mol. The summed E-state index contributed by atoms with van der Waals surface area (Å²) in [5, 5.41) is 2.64. The topological polar surface area (TPSA) is 81.7 Å². The Morgan fingerprint density at radius 2 is 1.61 bits per heavy atom. The Hall–Kier alpha value is -3.93. The number of esters is 1.